The van der Waals surface area contributed by atoms with Crippen molar-refractivity contribution in [3.05, 3.63) is 41.0 Å². The smallest absolute Gasteiger partial charge is 0.286 e. The molecule has 0 saturated heterocycles. The molecule has 94 valence electrons. The van der Waals surface area contributed by atoms with Crippen LogP contribution in [-0.4, -0.2) is 22.0 Å². The first kappa shape index (κ1) is 11.9. The molecule has 0 bridgehead atoms. The zero-order valence-electron chi connectivity index (χ0n) is 9.90. The first-order valence-corrected chi connectivity index (χ1v) is 5.26. The molecule has 18 heavy (non-hydrogen) atoms. The van der Waals surface area contributed by atoms with Crippen LogP contribution in [0, 0.1) is 13.8 Å². The molecule has 2 rings (SSSR count). The molecule has 3 N–H and O–H groups in total. The molecule has 0 aliphatic heterocycles. The van der Waals surface area contributed by atoms with Crippen LogP contribution in [0.3, 0.4) is 0 Å². The van der Waals surface area contributed by atoms with E-state index in [2.05, 4.69) is 21.0 Å². The summed E-state index contributed by atoms with van der Waals surface area (Å²) in [6, 6.07) is 3.28. The Morgan fingerprint density at radius 1 is 1.28 bits per heavy atom. The molecule has 7 nitrogen and oxygen atoms in total. The lowest BCUT2D eigenvalue weighted by atomic mass is 10.2. The number of H-pyrrole nitrogens is 1. The van der Waals surface area contributed by atoms with Gasteiger partial charge in [0.15, 0.2) is 0 Å². The number of carbonyl (C=O) groups is 2. The third kappa shape index (κ3) is 2.24. The number of aromatic amines is 1. The molecule has 2 heterocycles. The standard InChI is InChI=1S/C11H12N4O3/c1-6-9(7(2)18-15-6)11(17)14-13-10(16)8-4-3-5-12-8/h3-5,12H,1-2H3,(H,13,16)(H,14,17). The lowest BCUT2D eigenvalue weighted by Gasteiger charge is -2.05. The number of carbonyl (C=O) groups excluding carboxylic acids is 2. The topological polar surface area (TPSA) is 100 Å². The van der Waals surface area contributed by atoms with E-state index in [0.717, 1.165) is 0 Å². The molecule has 2 aromatic heterocycles. The first-order valence-electron chi connectivity index (χ1n) is 5.26. The van der Waals surface area contributed by atoms with Crippen LogP contribution in [0.4, 0.5) is 0 Å². The molecule has 0 fully saturated rings. The molecular weight excluding hydrogens is 236 g/mol. The zero-order chi connectivity index (χ0) is 13.1. The van der Waals surface area contributed by atoms with Crippen LogP contribution in [0.5, 0.6) is 0 Å². The van der Waals surface area contributed by atoms with E-state index in [-0.39, 0.29) is 0 Å². The van der Waals surface area contributed by atoms with Crippen molar-refractivity contribution in [2.45, 2.75) is 13.8 Å². The second kappa shape index (κ2) is 4.74. The van der Waals surface area contributed by atoms with E-state index in [4.69, 9.17) is 4.52 Å². The predicted molar refractivity (Wildman–Crippen MR) is 61.7 cm³/mol. The fourth-order valence-corrected chi connectivity index (χ4v) is 1.52. The molecule has 0 radical (unpaired) electrons. The summed E-state index contributed by atoms with van der Waals surface area (Å²) in [5, 5.41) is 3.66. The molecule has 0 unspecified atom stereocenters. The van der Waals surface area contributed by atoms with E-state index >= 15 is 0 Å². The maximum atomic E-state index is 11.8. The van der Waals surface area contributed by atoms with Gasteiger partial charge in [-0.15, -0.1) is 0 Å². The Labute approximate surface area is 103 Å². The van der Waals surface area contributed by atoms with Crippen LogP contribution in [-0.2, 0) is 0 Å². The fourth-order valence-electron chi connectivity index (χ4n) is 1.52. The number of aromatic nitrogens is 2. The summed E-state index contributed by atoms with van der Waals surface area (Å²) in [5.41, 5.74) is 5.73. The number of hydrogen-bond donors (Lipinski definition) is 3. The van der Waals surface area contributed by atoms with Crippen molar-refractivity contribution in [3.63, 3.8) is 0 Å². The normalized spacial score (nSPS) is 10.1. The average molecular weight is 248 g/mol. The van der Waals surface area contributed by atoms with Crippen molar-refractivity contribution in [3.8, 4) is 0 Å². The quantitative estimate of drug-likeness (QED) is 0.681. The van der Waals surface area contributed by atoms with Gasteiger partial charge in [-0.2, -0.15) is 0 Å². The molecule has 2 amide bonds. The van der Waals surface area contributed by atoms with Gasteiger partial charge in [-0.25, -0.2) is 0 Å². The highest BCUT2D eigenvalue weighted by Gasteiger charge is 2.18. The number of hydrazine groups is 1. The molecule has 0 aromatic carbocycles. The minimum Gasteiger partial charge on any atom is -0.361 e. The van der Waals surface area contributed by atoms with E-state index < -0.39 is 11.8 Å². The highest BCUT2D eigenvalue weighted by atomic mass is 16.5. The van der Waals surface area contributed by atoms with E-state index in [1.54, 1.807) is 32.2 Å². The van der Waals surface area contributed by atoms with Gasteiger partial charge in [0.1, 0.15) is 17.0 Å². The Hall–Kier alpha value is -2.57. The second-order valence-corrected chi connectivity index (χ2v) is 3.69. The monoisotopic (exact) mass is 248 g/mol. The largest absolute Gasteiger partial charge is 0.361 e. The highest BCUT2D eigenvalue weighted by Crippen LogP contribution is 2.11. The summed E-state index contributed by atoms with van der Waals surface area (Å²) < 4.78 is 4.87. The minimum atomic E-state index is -0.467. The molecule has 0 saturated carbocycles. The summed E-state index contributed by atoms with van der Waals surface area (Å²) in [6.45, 7) is 3.28. The molecule has 0 atom stereocenters. The third-order valence-electron chi connectivity index (χ3n) is 2.39. The molecule has 7 heteroatoms. The maximum Gasteiger partial charge on any atom is 0.286 e. The van der Waals surface area contributed by atoms with E-state index in [1.807, 2.05) is 0 Å². The van der Waals surface area contributed by atoms with E-state index in [1.165, 1.54) is 0 Å². The summed E-state index contributed by atoms with van der Waals surface area (Å²) in [6.07, 6.45) is 1.62. The Balaban J connectivity index is 1.99. The van der Waals surface area contributed by atoms with Crippen molar-refractivity contribution in [2.24, 2.45) is 0 Å². The van der Waals surface area contributed by atoms with Crippen LogP contribution < -0.4 is 10.9 Å². The lowest BCUT2D eigenvalue weighted by molar-refractivity contribution is 0.0843. The van der Waals surface area contributed by atoms with E-state index in [0.29, 0.717) is 22.7 Å². The molecule has 0 aliphatic carbocycles. The maximum absolute atomic E-state index is 11.8. The Morgan fingerprint density at radius 3 is 2.56 bits per heavy atom. The van der Waals surface area contributed by atoms with Gasteiger partial charge in [-0.05, 0) is 26.0 Å². The summed E-state index contributed by atoms with van der Waals surface area (Å²) in [7, 11) is 0. The van der Waals surface area contributed by atoms with Crippen LogP contribution >= 0.6 is 0 Å². The number of nitrogens with zero attached hydrogens (tertiary/aromatic N) is 1. The SMILES string of the molecule is Cc1noc(C)c1C(=O)NNC(=O)c1ccc[nH]1. The minimum absolute atomic E-state index is 0.321. The molecule has 0 spiro atoms. The van der Waals surface area contributed by atoms with E-state index in [9.17, 15) is 9.59 Å². The average Bonchev–Trinajstić information content (AvgIpc) is 2.96. The van der Waals surface area contributed by atoms with Crippen molar-refractivity contribution in [1.29, 1.82) is 0 Å². The number of rotatable bonds is 2. The number of amides is 2. The molecular formula is C11H12N4O3. The Bertz CT molecular complexity index is 552. The van der Waals surface area contributed by atoms with Gasteiger partial charge in [0.2, 0.25) is 0 Å². The predicted octanol–water partition coefficient (Wildman–Crippen LogP) is 0.694. The summed E-state index contributed by atoms with van der Waals surface area (Å²) >= 11 is 0. The van der Waals surface area contributed by atoms with Gasteiger partial charge in [-0.3, -0.25) is 20.4 Å². The fraction of sp³-hybridized carbons (Fsp3) is 0.182. The number of hydrogen-bond acceptors (Lipinski definition) is 4. The van der Waals surface area contributed by atoms with Gasteiger partial charge in [0, 0.05) is 6.20 Å². The lowest BCUT2D eigenvalue weighted by Crippen LogP contribution is -2.42. The van der Waals surface area contributed by atoms with Crippen molar-refractivity contribution in [2.75, 3.05) is 0 Å². The Morgan fingerprint density at radius 2 is 2.00 bits per heavy atom. The molecule has 2 aromatic rings. The van der Waals surface area contributed by atoms with Crippen molar-refractivity contribution < 1.29 is 14.1 Å². The van der Waals surface area contributed by atoms with Crippen molar-refractivity contribution >= 4 is 11.8 Å². The second-order valence-electron chi connectivity index (χ2n) is 3.69. The number of nitrogens with one attached hydrogen (secondary N) is 3. The third-order valence-corrected chi connectivity index (χ3v) is 2.39. The highest BCUT2D eigenvalue weighted by molar-refractivity contribution is 5.99. The van der Waals surface area contributed by atoms with Gasteiger partial charge < -0.3 is 9.51 Å². The van der Waals surface area contributed by atoms with Crippen LogP contribution in [0.15, 0.2) is 22.9 Å². The van der Waals surface area contributed by atoms with Gasteiger partial charge >= 0.3 is 0 Å². The van der Waals surface area contributed by atoms with Gasteiger partial charge in [-0.1, -0.05) is 5.16 Å². The zero-order valence-corrected chi connectivity index (χ0v) is 9.90. The van der Waals surface area contributed by atoms with Gasteiger partial charge in [0.25, 0.3) is 11.8 Å². The summed E-state index contributed by atoms with van der Waals surface area (Å²) in [5.74, 6) is -0.495. The van der Waals surface area contributed by atoms with Crippen molar-refractivity contribution in [1.82, 2.24) is 21.0 Å². The Kier molecular flexibility index (Phi) is 3.13. The van der Waals surface area contributed by atoms with Crippen LogP contribution in [0.2, 0.25) is 0 Å². The van der Waals surface area contributed by atoms with Crippen LogP contribution in [0.1, 0.15) is 32.3 Å². The number of aryl methyl sites for hydroxylation is 2. The molecule has 0 aliphatic rings. The van der Waals surface area contributed by atoms with Crippen LogP contribution in [0.25, 0.3) is 0 Å². The van der Waals surface area contributed by atoms with Gasteiger partial charge in [0.05, 0.1) is 5.69 Å². The first-order chi connectivity index (χ1) is 8.59. The summed E-state index contributed by atoms with van der Waals surface area (Å²) in [4.78, 5) is 26.1.